The summed E-state index contributed by atoms with van der Waals surface area (Å²) in [5, 5.41) is 3.38. The molecule has 1 amide bonds. The number of hydrogen-bond donors (Lipinski definition) is 1. The number of aromatic nitrogens is 1. The molecule has 0 aliphatic carbocycles. The predicted molar refractivity (Wildman–Crippen MR) is 69.9 cm³/mol. The SMILES string of the molecule is CC1(C)CN(C(=O)c2ncccc2Br)CCN1. The molecule has 1 aliphatic rings. The molecule has 17 heavy (non-hydrogen) atoms. The molecule has 2 rings (SSSR count). The first-order valence-corrected chi connectivity index (χ1v) is 6.44. The maximum atomic E-state index is 12.3. The Balaban J connectivity index is 2.18. The third-order valence-electron chi connectivity index (χ3n) is 2.82. The number of piperazine rings is 1. The zero-order chi connectivity index (χ0) is 12.5. The van der Waals surface area contributed by atoms with Crippen molar-refractivity contribution in [3.8, 4) is 0 Å². The van der Waals surface area contributed by atoms with Gasteiger partial charge in [0.15, 0.2) is 0 Å². The van der Waals surface area contributed by atoms with Crippen molar-refractivity contribution in [2.45, 2.75) is 19.4 Å². The minimum absolute atomic E-state index is 0.00736. The third kappa shape index (κ3) is 2.84. The van der Waals surface area contributed by atoms with Crippen molar-refractivity contribution in [2.75, 3.05) is 19.6 Å². The zero-order valence-corrected chi connectivity index (χ0v) is 11.6. The fraction of sp³-hybridized carbons (Fsp3) is 0.500. The second-order valence-corrected chi connectivity index (χ2v) is 5.73. The molecule has 0 radical (unpaired) electrons. The fourth-order valence-electron chi connectivity index (χ4n) is 2.01. The quantitative estimate of drug-likeness (QED) is 0.858. The molecule has 1 aliphatic heterocycles. The van der Waals surface area contributed by atoms with Crippen molar-refractivity contribution in [3.05, 3.63) is 28.5 Å². The number of carbonyl (C=O) groups is 1. The number of rotatable bonds is 1. The van der Waals surface area contributed by atoms with Gasteiger partial charge < -0.3 is 10.2 Å². The summed E-state index contributed by atoms with van der Waals surface area (Å²) in [5.74, 6) is -0.00736. The van der Waals surface area contributed by atoms with Crippen LogP contribution in [-0.4, -0.2) is 41.0 Å². The summed E-state index contributed by atoms with van der Waals surface area (Å²) in [7, 11) is 0. The summed E-state index contributed by atoms with van der Waals surface area (Å²) in [5.41, 5.74) is 0.458. The number of halogens is 1. The number of pyridine rings is 1. The number of nitrogens with zero attached hydrogens (tertiary/aromatic N) is 2. The lowest BCUT2D eigenvalue weighted by atomic mass is 10.0. The van der Waals surface area contributed by atoms with Crippen LogP contribution in [0.1, 0.15) is 24.3 Å². The molecule has 1 saturated heterocycles. The van der Waals surface area contributed by atoms with Crippen LogP contribution in [0.15, 0.2) is 22.8 Å². The number of nitrogens with one attached hydrogen (secondary N) is 1. The Morgan fingerprint density at radius 2 is 2.35 bits per heavy atom. The van der Waals surface area contributed by atoms with Crippen LogP contribution in [0.5, 0.6) is 0 Å². The van der Waals surface area contributed by atoms with Crippen LogP contribution in [0, 0.1) is 0 Å². The average Bonchev–Trinajstić information content (AvgIpc) is 2.27. The van der Waals surface area contributed by atoms with Gasteiger partial charge in [-0.3, -0.25) is 4.79 Å². The molecule has 1 fully saturated rings. The van der Waals surface area contributed by atoms with Gasteiger partial charge in [-0.1, -0.05) is 0 Å². The van der Waals surface area contributed by atoms with Crippen molar-refractivity contribution in [1.82, 2.24) is 15.2 Å². The molecule has 92 valence electrons. The van der Waals surface area contributed by atoms with Crippen LogP contribution in [0.4, 0.5) is 0 Å². The fourth-order valence-corrected chi connectivity index (χ4v) is 2.43. The van der Waals surface area contributed by atoms with Crippen LogP contribution < -0.4 is 5.32 Å². The van der Waals surface area contributed by atoms with Gasteiger partial charge in [0.05, 0.1) is 0 Å². The highest BCUT2D eigenvalue weighted by Crippen LogP contribution is 2.18. The highest BCUT2D eigenvalue weighted by Gasteiger charge is 2.30. The molecule has 1 aromatic rings. The Bertz CT molecular complexity index is 434. The van der Waals surface area contributed by atoms with E-state index in [0.29, 0.717) is 12.2 Å². The molecule has 0 atom stereocenters. The van der Waals surface area contributed by atoms with Gasteiger partial charge >= 0.3 is 0 Å². The lowest BCUT2D eigenvalue weighted by Gasteiger charge is -2.39. The smallest absolute Gasteiger partial charge is 0.273 e. The molecule has 1 aromatic heterocycles. The second-order valence-electron chi connectivity index (χ2n) is 4.87. The molecule has 5 heteroatoms. The van der Waals surface area contributed by atoms with Gasteiger partial charge in [-0.15, -0.1) is 0 Å². The van der Waals surface area contributed by atoms with Crippen LogP contribution in [0.2, 0.25) is 0 Å². The van der Waals surface area contributed by atoms with E-state index in [1.807, 2.05) is 17.0 Å². The predicted octanol–water partition coefficient (Wildman–Crippen LogP) is 1.67. The number of amides is 1. The largest absolute Gasteiger partial charge is 0.334 e. The monoisotopic (exact) mass is 297 g/mol. The highest BCUT2D eigenvalue weighted by molar-refractivity contribution is 9.10. The first kappa shape index (κ1) is 12.5. The third-order valence-corrected chi connectivity index (χ3v) is 3.46. The first-order chi connectivity index (χ1) is 7.99. The summed E-state index contributed by atoms with van der Waals surface area (Å²) < 4.78 is 0.751. The molecular formula is C12H16BrN3O. The van der Waals surface area contributed by atoms with E-state index < -0.39 is 0 Å². The Kier molecular flexibility index (Phi) is 3.49. The molecule has 1 N–H and O–H groups in total. The summed E-state index contributed by atoms with van der Waals surface area (Å²) >= 11 is 3.37. The molecular weight excluding hydrogens is 282 g/mol. The molecule has 0 spiro atoms. The van der Waals surface area contributed by atoms with E-state index in [9.17, 15) is 4.79 Å². The molecule has 4 nitrogen and oxygen atoms in total. The average molecular weight is 298 g/mol. The van der Waals surface area contributed by atoms with Crippen LogP contribution in [0.25, 0.3) is 0 Å². The van der Waals surface area contributed by atoms with E-state index in [1.165, 1.54) is 0 Å². The van der Waals surface area contributed by atoms with Crippen molar-refractivity contribution in [3.63, 3.8) is 0 Å². The summed E-state index contributed by atoms with van der Waals surface area (Å²) in [6, 6.07) is 3.65. The topological polar surface area (TPSA) is 45.2 Å². The Morgan fingerprint density at radius 3 is 3.00 bits per heavy atom. The second kappa shape index (κ2) is 4.74. The lowest BCUT2D eigenvalue weighted by molar-refractivity contribution is 0.0645. The lowest BCUT2D eigenvalue weighted by Crippen LogP contribution is -2.58. The Hall–Kier alpha value is -0.940. The maximum Gasteiger partial charge on any atom is 0.273 e. The van der Waals surface area contributed by atoms with Gasteiger partial charge in [0, 0.05) is 35.8 Å². The molecule has 0 bridgehead atoms. The van der Waals surface area contributed by atoms with E-state index in [-0.39, 0.29) is 11.4 Å². The summed E-state index contributed by atoms with van der Waals surface area (Å²) in [6.45, 7) is 6.45. The molecule has 0 aromatic carbocycles. The number of hydrogen-bond acceptors (Lipinski definition) is 3. The van der Waals surface area contributed by atoms with E-state index >= 15 is 0 Å². The molecule has 0 saturated carbocycles. The van der Waals surface area contributed by atoms with Crippen molar-refractivity contribution >= 4 is 21.8 Å². The Labute approximate surface area is 110 Å². The standard InChI is InChI=1S/C12H16BrN3O/c1-12(2)8-16(7-6-15-12)11(17)10-9(13)4-3-5-14-10/h3-5,15H,6-8H2,1-2H3. The van der Waals surface area contributed by atoms with Crippen molar-refractivity contribution in [2.24, 2.45) is 0 Å². The minimum Gasteiger partial charge on any atom is -0.334 e. The van der Waals surface area contributed by atoms with Crippen LogP contribution in [-0.2, 0) is 0 Å². The highest BCUT2D eigenvalue weighted by atomic mass is 79.9. The van der Waals surface area contributed by atoms with E-state index in [1.54, 1.807) is 6.20 Å². The van der Waals surface area contributed by atoms with Gasteiger partial charge in [-0.25, -0.2) is 4.98 Å². The van der Waals surface area contributed by atoms with E-state index in [4.69, 9.17) is 0 Å². The Morgan fingerprint density at radius 1 is 1.59 bits per heavy atom. The van der Waals surface area contributed by atoms with Gasteiger partial charge in [0.2, 0.25) is 0 Å². The van der Waals surface area contributed by atoms with Crippen LogP contribution in [0.3, 0.4) is 0 Å². The van der Waals surface area contributed by atoms with E-state index in [0.717, 1.165) is 17.6 Å². The molecule has 0 unspecified atom stereocenters. The van der Waals surface area contributed by atoms with Gasteiger partial charge in [0.25, 0.3) is 5.91 Å². The van der Waals surface area contributed by atoms with Gasteiger partial charge in [-0.2, -0.15) is 0 Å². The normalized spacial score (nSPS) is 19.1. The van der Waals surface area contributed by atoms with Gasteiger partial charge in [0.1, 0.15) is 5.69 Å². The van der Waals surface area contributed by atoms with Crippen molar-refractivity contribution < 1.29 is 4.79 Å². The summed E-state index contributed by atoms with van der Waals surface area (Å²) in [6.07, 6.45) is 1.64. The maximum absolute atomic E-state index is 12.3. The minimum atomic E-state index is -0.0326. The number of carbonyl (C=O) groups excluding carboxylic acids is 1. The van der Waals surface area contributed by atoms with Gasteiger partial charge in [-0.05, 0) is 41.9 Å². The van der Waals surface area contributed by atoms with E-state index in [2.05, 4.69) is 40.1 Å². The molecule has 2 heterocycles. The summed E-state index contributed by atoms with van der Waals surface area (Å²) in [4.78, 5) is 18.3. The first-order valence-electron chi connectivity index (χ1n) is 5.64. The van der Waals surface area contributed by atoms with Crippen molar-refractivity contribution in [1.29, 1.82) is 0 Å². The zero-order valence-electron chi connectivity index (χ0n) is 10.0. The van der Waals surface area contributed by atoms with Crippen LogP contribution >= 0.6 is 15.9 Å².